The zero-order valence-corrected chi connectivity index (χ0v) is 12.8. The maximum atomic E-state index is 11.8. The van der Waals surface area contributed by atoms with Gasteiger partial charge >= 0.3 is 0 Å². The van der Waals surface area contributed by atoms with Crippen molar-refractivity contribution >= 4 is 17.8 Å². The highest BCUT2D eigenvalue weighted by Crippen LogP contribution is 2.16. The number of carbonyl (C=O) groups is 1. The molecule has 0 aliphatic rings. The number of nitrogens with zero attached hydrogens (tertiary/aromatic N) is 1. The second-order valence-corrected chi connectivity index (χ2v) is 5.71. The van der Waals surface area contributed by atoms with Crippen LogP contribution in [0.5, 0.6) is 0 Å². The lowest BCUT2D eigenvalue weighted by atomic mass is 9.96. The fourth-order valence-electron chi connectivity index (χ4n) is 1.30. The number of amides is 1. The smallest absolute Gasteiger partial charge is 0.230 e. The highest BCUT2D eigenvalue weighted by molar-refractivity contribution is 5.93. The molecule has 0 unspecified atom stereocenters. The predicted molar refractivity (Wildman–Crippen MR) is 82.2 cm³/mol. The molecule has 0 atom stereocenters. The summed E-state index contributed by atoms with van der Waals surface area (Å²) in [7, 11) is 0. The predicted octanol–water partition coefficient (Wildman–Crippen LogP) is 3.85. The van der Waals surface area contributed by atoms with E-state index in [4.69, 9.17) is 4.74 Å². The SMILES string of the molecule is CCCCO/C=C/c1ccc(NC(=O)C(C)(C)C)nc1. The molecule has 0 fully saturated rings. The molecule has 0 radical (unpaired) electrons. The van der Waals surface area contributed by atoms with Gasteiger partial charge in [-0.2, -0.15) is 0 Å². The molecule has 0 aliphatic heterocycles. The van der Waals surface area contributed by atoms with Crippen molar-refractivity contribution < 1.29 is 9.53 Å². The van der Waals surface area contributed by atoms with Crippen LogP contribution in [0.3, 0.4) is 0 Å². The van der Waals surface area contributed by atoms with Gasteiger partial charge < -0.3 is 10.1 Å². The molecule has 20 heavy (non-hydrogen) atoms. The first-order chi connectivity index (χ1) is 9.43. The molecule has 4 nitrogen and oxygen atoms in total. The van der Waals surface area contributed by atoms with Crippen LogP contribution in [0.1, 0.15) is 46.1 Å². The minimum absolute atomic E-state index is 0.0452. The molecule has 0 aromatic carbocycles. The van der Waals surface area contributed by atoms with Crippen LogP contribution in [0.25, 0.3) is 6.08 Å². The van der Waals surface area contributed by atoms with Crippen LogP contribution in [0.15, 0.2) is 24.6 Å². The summed E-state index contributed by atoms with van der Waals surface area (Å²) in [6.07, 6.45) is 7.42. The number of hydrogen-bond donors (Lipinski definition) is 1. The highest BCUT2D eigenvalue weighted by atomic mass is 16.5. The molecule has 110 valence electrons. The van der Waals surface area contributed by atoms with E-state index in [0.29, 0.717) is 5.82 Å². The summed E-state index contributed by atoms with van der Waals surface area (Å²) in [4.78, 5) is 16.0. The molecule has 1 N–H and O–H groups in total. The van der Waals surface area contributed by atoms with Crippen LogP contribution < -0.4 is 5.32 Å². The number of pyridine rings is 1. The van der Waals surface area contributed by atoms with Crippen LogP contribution in [-0.4, -0.2) is 17.5 Å². The van der Waals surface area contributed by atoms with Gasteiger partial charge in [-0.25, -0.2) is 4.98 Å². The van der Waals surface area contributed by atoms with Crippen molar-refractivity contribution in [3.8, 4) is 0 Å². The third-order valence-electron chi connectivity index (χ3n) is 2.68. The Hall–Kier alpha value is -1.84. The van der Waals surface area contributed by atoms with Crippen LogP contribution >= 0.6 is 0 Å². The normalized spacial score (nSPS) is 11.6. The molecule has 0 spiro atoms. The first kappa shape index (κ1) is 16.2. The summed E-state index contributed by atoms with van der Waals surface area (Å²) in [5.74, 6) is 0.519. The lowest BCUT2D eigenvalue weighted by Crippen LogP contribution is -2.27. The van der Waals surface area contributed by atoms with E-state index in [-0.39, 0.29) is 5.91 Å². The quantitative estimate of drug-likeness (QED) is 0.634. The second kappa shape index (κ2) is 7.68. The van der Waals surface area contributed by atoms with E-state index >= 15 is 0 Å². The van der Waals surface area contributed by atoms with E-state index in [9.17, 15) is 4.79 Å². The Bertz CT molecular complexity index is 445. The van der Waals surface area contributed by atoms with E-state index < -0.39 is 5.41 Å². The molecule has 0 saturated heterocycles. The summed E-state index contributed by atoms with van der Waals surface area (Å²) >= 11 is 0. The van der Waals surface area contributed by atoms with Crippen LogP contribution in [0.2, 0.25) is 0 Å². The van der Waals surface area contributed by atoms with Crippen LogP contribution in [0.4, 0.5) is 5.82 Å². The molecule has 1 amide bonds. The zero-order valence-electron chi connectivity index (χ0n) is 12.8. The Labute approximate surface area is 121 Å². The number of unbranched alkanes of at least 4 members (excludes halogenated alkanes) is 1. The summed E-state index contributed by atoms with van der Waals surface area (Å²) in [5.41, 5.74) is 0.517. The van der Waals surface area contributed by atoms with Gasteiger partial charge in [0.1, 0.15) is 5.82 Å². The average molecular weight is 276 g/mol. The highest BCUT2D eigenvalue weighted by Gasteiger charge is 2.21. The summed E-state index contributed by atoms with van der Waals surface area (Å²) < 4.78 is 5.34. The Morgan fingerprint density at radius 2 is 2.15 bits per heavy atom. The third kappa shape index (κ3) is 5.87. The van der Waals surface area contributed by atoms with Gasteiger partial charge in [0, 0.05) is 11.6 Å². The summed E-state index contributed by atoms with van der Waals surface area (Å²) in [6.45, 7) is 8.47. The van der Waals surface area contributed by atoms with E-state index in [0.717, 1.165) is 25.0 Å². The average Bonchev–Trinajstić information content (AvgIpc) is 2.39. The van der Waals surface area contributed by atoms with E-state index in [1.165, 1.54) is 0 Å². The number of aromatic nitrogens is 1. The number of carbonyl (C=O) groups excluding carboxylic acids is 1. The third-order valence-corrected chi connectivity index (χ3v) is 2.68. The van der Waals surface area contributed by atoms with Crippen molar-refractivity contribution in [1.82, 2.24) is 4.98 Å². The van der Waals surface area contributed by atoms with Crippen molar-refractivity contribution in [2.45, 2.75) is 40.5 Å². The number of hydrogen-bond acceptors (Lipinski definition) is 3. The molecule has 1 rings (SSSR count). The van der Waals surface area contributed by atoms with Gasteiger partial charge in [-0.1, -0.05) is 34.1 Å². The fourth-order valence-corrected chi connectivity index (χ4v) is 1.30. The lowest BCUT2D eigenvalue weighted by molar-refractivity contribution is -0.123. The molecule has 4 heteroatoms. The fraction of sp³-hybridized carbons (Fsp3) is 0.500. The molecule has 1 aromatic rings. The number of anilines is 1. The van der Waals surface area contributed by atoms with Crippen molar-refractivity contribution in [1.29, 1.82) is 0 Å². The summed E-state index contributed by atoms with van der Waals surface area (Å²) in [6, 6.07) is 3.68. The van der Waals surface area contributed by atoms with E-state index in [2.05, 4.69) is 17.2 Å². The molecule has 1 aromatic heterocycles. The molecule has 1 heterocycles. The maximum absolute atomic E-state index is 11.8. The maximum Gasteiger partial charge on any atom is 0.230 e. The van der Waals surface area contributed by atoms with Crippen molar-refractivity contribution in [2.24, 2.45) is 5.41 Å². The van der Waals surface area contributed by atoms with Gasteiger partial charge in [0.25, 0.3) is 0 Å². The zero-order chi connectivity index (χ0) is 15.0. The second-order valence-electron chi connectivity index (χ2n) is 5.71. The van der Waals surface area contributed by atoms with Gasteiger partial charge in [0.2, 0.25) is 5.91 Å². The molecular formula is C16H24N2O2. The Kier molecular flexibility index (Phi) is 6.22. The minimum Gasteiger partial charge on any atom is -0.501 e. The van der Waals surface area contributed by atoms with Crippen LogP contribution in [0, 0.1) is 5.41 Å². The Morgan fingerprint density at radius 1 is 1.40 bits per heavy atom. The molecular weight excluding hydrogens is 252 g/mol. The van der Waals surface area contributed by atoms with E-state index in [1.807, 2.05) is 32.9 Å². The van der Waals surface area contributed by atoms with Gasteiger partial charge in [0.05, 0.1) is 12.9 Å². The lowest BCUT2D eigenvalue weighted by Gasteiger charge is -2.17. The summed E-state index contributed by atoms with van der Waals surface area (Å²) in [5, 5.41) is 2.79. The Balaban J connectivity index is 2.50. The number of ether oxygens (including phenoxy) is 1. The molecule has 0 aliphatic carbocycles. The molecule has 0 saturated carbocycles. The van der Waals surface area contributed by atoms with Crippen LogP contribution in [-0.2, 0) is 9.53 Å². The minimum atomic E-state index is -0.423. The topological polar surface area (TPSA) is 51.2 Å². The first-order valence-corrected chi connectivity index (χ1v) is 6.99. The van der Waals surface area contributed by atoms with Crippen molar-refractivity contribution in [2.75, 3.05) is 11.9 Å². The van der Waals surface area contributed by atoms with Gasteiger partial charge in [0.15, 0.2) is 0 Å². The monoisotopic (exact) mass is 276 g/mol. The van der Waals surface area contributed by atoms with E-state index in [1.54, 1.807) is 18.5 Å². The van der Waals surface area contributed by atoms with Gasteiger partial charge in [-0.15, -0.1) is 0 Å². The number of nitrogens with one attached hydrogen (secondary N) is 1. The van der Waals surface area contributed by atoms with Crippen molar-refractivity contribution in [3.05, 3.63) is 30.2 Å². The Morgan fingerprint density at radius 3 is 2.70 bits per heavy atom. The van der Waals surface area contributed by atoms with Gasteiger partial charge in [-0.05, 0) is 30.2 Å². The largest absolute Gasteiger partial charge is 0.501 e. The standard InChI is InChI=1S/C16H24N2O2/c1-5-6-10-20-11-9-13-7-8-14(17-12-13)18-15(19)16(2,3)4/h7-9,11-12H,5-6,10H2,1-4H3,(H,17,18,19)/b11-9+. The van der Waals surface area contributed by atoms with Gasteiger partial charge in [-0.3, -0.25) is 4.79 Å². The van der Waals surface area contributed by atoms with Crippen molar-refractivity contribution in [3.63, 3.8) is 0 Å². The molecule has 0 bridgehead atoms. The number of rotatable bonds is 6. The first-order valence-electron chi connectivity index (χ1n) is 6.99.